The number of hydrogen-bond donors (Lipinski definition) is 2. The molecule has 0 saturated carbocycles. The second-order valence-corrected chi connectivity index (χ2v) is 5.85. The summed E-state index contributed by atoms with van der Waals surface area (Å²) >= 11 is 0. The number of carbonyl (C=O) groups excluding carboxylic acids is 1. The Morgan fingerprint density at radius 3 is 2.36 bits per heavy atom. The summed E-state index contributed by atoms with van der Waals surface area (Å²) < 4.78 is 0. The number of rotatable bonds is 3. The fourth-order valence-electron chi connectivity index (χ4n) is 2.90. The van der Waals surface area contributed by atoms with Crippen LogP contribution in [0.3, 0.4) is 0 Å². The Bertz CT molecular complexity index is 680. The quantitative estimate of drug-likeness (QED) is 0.915. The van der Waals surface area contributed by atoms with Crippen LogP contribution in [-0.4, -0.2) is 25.1 Å². The fraction of sp³-hybridized carbons (Fsp3) is 0.278. The molecular weight excluding hydrogens is 276 g/mol. The Kier molecular flexibility index (Phi) is 3.86. The number of fused-ring (bicyclic) bond motifs is 1. The van der Waals surface area contributed by atoms with Gasteiger partial charge in [0, 0.05) is 31.8 Å². The van der Waals surface area contributed by atoms with Gasteiger partial charge in [0.05, 0.1) is 12.1 Å². The van der Waals surface area contributed by atoms with E-state index in [1.807, 2.05) is 67.5 Å². The monoisotopic (exact) mass is 296 g/mol. The first-order valence-electron chi connectivity index (χ1n) is 7.41. The molecule has 2 aromatic carbocycles. The predicted molar refractivity (Wildman–Crippen MR) is 87.0 cm³/mol. The summed E-state index contributed by atoms with van der Waals surface area (Å²) in [6, 6.07) is 15.1. The zero-order valence-corrected chi connectivity index (χ0v) is 12.8. The predicted octanol–water partition coefficient (Wildman–Crippen LogP) is 2.66. The molecule has 3 rings (SSSR count). The Hall–Kier alpha value is -2.33. The molecule has 0 saturated heterocycles. The van der Waals surface area contributed by atoms with E-state index in [1.165, 1.54) is 0 Å². The van der Waals surface area contributed by atoms with Crippen molar-refractivity contribution in [1.29, 1.82) is 0 Å². The number of amides is 1. The van der Waals surface area contributed by atoms with Gasteiger partial charge in [-0.2, -0.15) is 0 Å². The second kappa shape index (κ2) is 5.81. The molecule has 2 aromatic rings. The van der Waals surface area contributed by atoms with Crippen LogP contribution in [0.2, 0.25) is 0 Å². The number of aliphatic hydroxyl groups excluding tert-OH is 1. The third kappa shape index (κ3) is 2.70. The summed E-state index contributed by atoms with van der Waals surface area (Å²) in [5.74, 6) is -0.112. The molecule has 4 nitrogen and oxygen atoms in total. The van der Waals surface area contributed by atoms with E-state index >= 15 is 0 Å². The molecule has 1 aliphatic rings. The van der Waals surface area contributed by atoms with Crippen LogP contribution in [0.4, 0.5) is 5.69 Å². The average molecular weight is 296 g/mol. The third-order valence-electron chi connectivity index (χ3n) is 4.14. The first-order valence-corrected chi connectivity index (χ1v) is 7.41. The number of carbonyl (C=O) groups is 1. The Labute approximate surface area is 130 Å². The molecular formula is C18H20N2O2. The van der Waals surface area contributed by atoms with Crippen molar-refractivity contribution in [3.63, 3.8) is 0 Å². The van der Waals surface area contributed by atoms with Gasteiger partial charge >= 0.3 is 0 Å². The number of hydrogen-bond acceptors (Lipinski definition) is 3. The van der Waals surface area contributed by atoms with Gasteiger partial charge in [0.15, 0.2) is 0 Å². The molecule has 0 aromatic heterocycles. The highest BCUT2D eigenvalue weighted by atomic mass is 16.3. The molecule has 1 amide bonds. The summed E-state index contributed by atoms with van der Waals surface area (Å²) in [7, 11) is 3.93. The number of benzene rings is 2. The summed E-state index contributed by atoms with van der Waals surface area (Å²) in [6.07, 6.45) is 0.0264. The molecule has 0 spiro atoms. The Morgan fingerprint density at radius 1 is 1.09 bits per heavy atom. The van der Waals surface area contributed by atoms with Crippen LogP contribution in [0.15, 0.2) is 48.5 Å². The minimum Gasteiger partial charge on any atom is -0.388 e. The molecule has 0 aliphatic heterocycles. The molecule has 2 unspecified atom stereocenters. The van der Waals surface area contributed by atoms with Crippen LogP contribution in [0.25, 0.3) is 0 Å². The Balaban J connectivity index is 1.75. The van der Waals surface area contributed by atoms with Gasteiger partial charge in [-0.3, -0.25) is 4.79 Å². The maximum Gasteiger partial charge on any atom is 0.251 e. The number of aliphatic hydroxyl groups is 1. The van der Waals surface area contributed by atoms with Crippen molar-refractivity contribution in [3.8, 4) is 0 Å². The summed E-state index contributed by atoms with van der Waals surface area (Å²) in [4.78, 5) is 14.4. The van der Waals surface area contributed by atoms with Gasteiger partial charge in [-0.15, -0.1) is 0 Å². The van der Waals surface area contributed by atoms with Crippen molar-refractivity contribution in [1.82, 2.24) is 5.32 Å². The minimum atomic E-state index is -0.502. The van der Waals surface area contributed by atoms with E-state index in [0.29, 0.717) is 12.0 Å². The standard InChI is InChI=1S/C18H20N2O2/c1-20(2)13-9-7-12(8-10-13)18(22)19-16-11-17(21)15-6-4-3-5-14(15)16/h3-10,16-17,21H,11H2,1-2H3,(H,19,22). The molecule has 2 N–H and O–H groups in total. The molecule has 2 atom stereocenters. The van der Waals surface area contributed by atoms with E-state index in [4.69, 9.17) is 0 Å². The highest BCUT2D eigenvalue weighted by Gasteiger charge is 2.30. The largest absolute Gasteiger partial charge is 0.388 e. The van der Waals surface area contributed by atoms with Crippen molar-refractivity contribution in [2.75, 3.05) is 19.0 Å². The molecule has 1 aliphatic carbocycles. The third-order valence-corrected chi connectivity index (χ3v) is 4.14. The van der Waals surface area contributed by atoms with Crippen LogP contribution in [0, 0.1) is 0 Å². The van der Waals surface area contributed by atoms with Crippen LogP contribution < -0.4 is 10.2 Å². The zero-order valence-electron chi connectivity index (χ0n) is 12.8. The van der Waals surface area contributed by atoms with E-state index in [1.54, 1.807) is 0 Å². The van der Waals surface area contributed by atoms with Gasteiger partial charge in [-0.25, -0.2) is 0 Å². The van der Waals surface area contributed by atoms with E-state index in [0.717, 1.165) is 16.8 Å². The molecule has 0 bridgehead atoms. The normalized spacial score (nSPS) is 19.6. The minimum absolute atomic E-state index is 0.112. The zero-order chi connectivity index (χ0) is 15.7. The lowest BCUT2D eigenvalue weighted by Gasteiger charge is -2.15. The summed E-state index contributed by atoms with van der Waals surface area (Å²) in [6.45, 7) is 0. The van der Waals surface area contributed by atoms with Gasteiger partial charge in [-0.1, -0.05) is 24.3 Å². The summed E-state index contributed by atoms with van der Waals surface area (Å²) in [5, 5.41) is 13.1. The highest BCUT2D eigenvalue weighted by Crippen LogP contribution is 2.38. The number of nitrogens with zero attached hydrogens (tertiary/aromatic N) is 1. The lowest BCUT2D eigenvalue weighted by atomic mass is 10.1. The molecule has 0 fully saturated rings. The lowest BCUT2D eigenvalue weighted by molar-refractivity contribution is 0.0924. The highest BCUT2D eigenvalue weighted by molar-refractivity contribution is 5.94. The van der Waals surface area contributed by atoms with E-state index < -0.39 is 6.10 Å². The van der Waals surface area contributed by atoms with Crippen molar-refractivity contribution < 1.29 is 9.90 Å². The van der Waals surface area contributed by atoms with Gasteiger partial charge < -0.3 is 15.3 Å². The maximum absolute atomic E-state index is 12.4. The van der Waals surface area contributed by atoms with Gasteiger partial charge in [0.2, 0.25) is 0 Å². The van der Waals surface area contributed by atoms with Gasteiger partial charge in [-0.05, 0) is 35.4 Å². The first kappa shape index (κ1) is 14.6. The van der Waals surface area contributed by atoms with Crippen molar-refractivity contribution in [3.05, 3.63) is 65.2 Å². The van der Waals surface area contributed by atoms with E-state index in [2.05, 4.69) is 5.32 Å². The number of anilines is 1. The van der Waals surface area contributed by atoms with E-state index in [9.17, 15) is 9.90 Å². The maximum atomic E-state index is 12.4. The molecule has 0 radical (unpaired) electrons. The van der Waals surface area contributed by atoms with Crippen molar-refractivity contribution >= 4 is 11.6 Å². The van der Waals surface area contributed by atoms with Crippen LogP contribution in [0.5, 0.6) is 0 Å². The van der Waals surface area contributed by atoms with E-state index in [-0.39, 0.29) is 11.9 Å². The Morgan fingerprint density at radius 2 is 1.73 bits per heavy atom. The lowest BCUT2D eigenvalue weighted by Crippen LogP contribution is -2.27. The molecule has 114 valence electrons. The average Bonchev–Trinajstić information content (AvgIpc) is 2.84. The SMILES string of the molecule is CN(C)c1ccc(C(=O)NC2CC(O)c3ccccc32)cc1. The molecule has 22 heavy (non-hydrogen) atoms. The van der Waals surface area contributed by atoms with Crippen LogP contribution >= 0.6 is 0 Å². The first-order chi connectivity index (χ1) is 10.6. The molecule has 4 heteroatoms. The van der Waals surface area contributed by atoms with Gasteiger partial charge in [0.25, 0.3) is 5.91 Å². The van der Waals surface area contributed by atoms with Crippen LogP contribution in [0.1, 0.15) is 40.1 Å². The van der Waals surface area contributed by atoms with Crippen molar-refractivity contribution in [2.45, 2.75) is 18.6 Å². The molecule has 0 heterocycles. The smallest absolute Gasteiger partial charge is 0.251 e. The summed E-state index contributed by atoms with van der Waals surface area (Å²) in [5.41, 5.74) is 3.60. The van der Waals surface area contributed by atoms with Crippen molar-refractivity contribution in [2.24, 2.45) is 0 Å². The van der Waals surface area contributed by atoms with Gasteiger partial charge in [0.1, 0.15) is 0 Å². The van der Waals surface area contributed by atoms with Crippen LogP contribution in [-0.2, 0) is 0 Å². The topological polar surface area (TPSA) is 52.6 Å². The fourth-order valence-corrected chi connectivity index (χ4v) is 2.90. The second-order valence-electron chi connectivity index (χ2n) is 5.85. The number of nitrogens with one attached hydrogen (secondary N) is 1.